The number of pyridine rings is 1. The summed E-state index contributed by atoms with van der Waals surface area (Å²) >= 11 is 1.69. The van der Waals surface area contributed by atoms with Crippen LogP contribution in [0.1, 0.15) is 43.9 Å². The lowest BCUT2D eigenvalue weighted by Crippen LogP contribution is -2.27. The normalized spacial score (nSPS) is 18.2. The Kier molecular flexibility index (Phi) is 4.58. The van der Waals surface area contributed by atoms with E-state index >= 15 is 0 Å². The first-order valence-corrected chi connectivity index (χ1v) is 11.5. The fourth-order valence-corrected chi connectivity index (χ4v) is 5.48. The molecule has 1 unspecified atom stereocenters. The largest absolute Gasteiger partial charge is 0.371 e. The zero-order chi connectivity index (χ0) is 20.1. The second kappa shape index (κ2) is 7.13. The third-order valence-electron chi connectivity index (χ3n) is 6.43. The summed E-state index contributed by atoms with van der Waals surface area (Å²) in [6.07, 6.45) is 7.44. The maximum Gasteiger partial charge on any atom is 0.185 e. The van der Waals surface area contributed by atoms with Gasteiger partial charge in [0.25, 0.3) is 0 Å². The molecule has 5 rings (SSSR count). The fraction of sp³-hybridized carbons (Fsp3) is 0.417. The number of nitrogens with zero attached hydrogens (tertiary/aromatic N) is 3. The van der Waals surface area contributed by atoms with E-state index in [0.717, 1.165) is 35.8 Å². The van der Waals surface area contributed by atoms with Gasteiger partial charge in [-0.05, 0) is 49.8 Å². The van der Waals surface area contributed by atoms with Crippen molar-refractivity contribution < 1.29 is 0 Å². The molecule has 2 aromatic heterocycles. The first-order valence-electron chi connectivity index (χ1n) is 10.6. The number of aryl methyl sites for hydroxylation is 1. The molecule has 0 amide bonds. The van der Waals surface area contributed by atoms with Crippen molar-refractivity contribution in [3.8, 4) is 21.8 Å². The molecule has 1 aromatic carbocycles. The Balaban J connectivity index is 1.76. The lowest BCUT2D eigenvalue weighted by molar-refractivity contribution is 0.368. The van der Waals surface area contributed by atoms with Crippen LogP contribution in [-0.2, 0) is 6.42 Å². The Labute approximate surface area is 175 Å². The maximum absolute atomic E-state index is 12.5. The van der Waals surface area contributed by atoms with Crippen LogP contribution < -0.4 is 10.3 Å². The summed E-state index contributed by atoms with van der Waals surface area (Å²) in [5.41, 5.74) is 7.03. The molecule has 2 aliphatic rings. The van der Waals surface area contributed by atoms with Crippen molar-refractivity contribution in [1.29, 1.82) is 0 Å². The van der Waals surface area contributed by atoms with E-state index in [-0.39, 0.29) is 5.43 Å². The van der Waals surface area contributed by atoms with E-state index in [0.29, 0.717) is 12.0 Å². The summed E-state index contributed by atoms with van der Waals surface area (Å²) in [7, 11) is 0. The van der Waals surface area contributed by atoms with Crippen molar-refractivity contribution in [1.82, 2.24) is 9.55 Å². The highest BCUT2D eigenvalue weighted by Crippen LogP contribution is 2.44. The van der Waals surface area contributed by atoms with E-state index in [4.69, 9.17) is 0 Å². The van der Waals surface area contributed by atoms with Gasteiger partial charge in [0, 0.05) is 65.3 Å². The van der Waals surface area contributed by atoms with Gasteiger partial charge in [0.1, 0.15) is 5.01 Å². The molecule has 4 nitrogen and oxygen atoms in total. The van der Waals surface area contributed by atoms with Crippen LogP contribution in [0.5, 0.6) is 0 Å². The SMILES string of the molecule is Cc1cn2c(cc1=O)-c1cc(-c3nccs3)c(N3CCCC3)cc1CC2C(C)C. The van der Waals surface area contributed by atoms with Crippen molar-refractivity contribution in [2.45, 2.75) is 46.1 Å². The number of aromatic nitrogens is 2. The standard InChI is InChI=1S/C24H27N3OS/c1-15(2)20-10-17-11-21(26-7-4-5-8-26)19(24-25-6-9-29-24)12-18(17)22-13-23(28)16(3)14-27(20)22/h6,9,11-15,20H,4-5,7-8,10H2,1-3H3. The van der Waals surface area contributed by atoms with E-state index in [1.807, 2.05) is 24.6 Å². The third kappa shape index (κ3) is 3.12. The van der Waals surface area contributed by atoms with Crippen LogP contribution in [0.3, 0.4) is 0 Å². The molecule has 0 aliphatic carbocycles. The van der Waals surface area contributed by atoms with E-state index in [2.05, 4.69) is 46.6 Å². The number of hydrogen-bond donors (Lipinski definition) is 0. The van der Waals surface area contributed by atoms with Crippen LogP contribution in [0, 0.1) is 12.8 Å². The zero-order valence-electron chi connectivity index (χ0n) is 17.3. The number of hydrogen-bond acceptors (Lipinski definition) is 4. The lowest BCUT2D eigenvalue weighted by atomic mass is 9.86. The van der Waals surface area contributed by atoms with Crippen molar-refractivity contribution in [3.05, 3.63) is 57.3 Å². The molecule has 0 saturated carbocycles. The average molecular weight is 406 g/mol. The minimum atomic E-state index is 0.117. The van der Waals surface area contributed by atoms with Crippen LogP contribution in [0.2, 0.25) is 0 Å². The molecule has 1 atom stereocenters. The molecular weight excluding hydrogens is 378 g/mol. The van der Waals surface area contributed by atoms with Gasteiger partial charge in [-0.1, -0.05) is 13.8 Å². The lowest BCUT2D eigenvalue weighted by Gasteiger charge is -2.34. The number of rotatable bonds is 3. The van der Waals surface area contributed by atoms with Crippen molar-refractivity contribution >= 4 is 17.0 Å². The number of anilines is 1. The Hall–Kier alpha value is -2.40. The molecule has 2 aliphatic heterocycles. The van der Waals surface area contributed by atoms with Crippen LogP contribution in [0.4, 0.5) is 5.69 Å². The number of benzene rings is 1. The summed E-state index contributed by atoms with van der Waals surface area (Å²) in [6.45, 7) is 8.69. The van der Waals surface area contributed by atoms with E-state index in [1.54, 1.807) is 11.3 Å². The summed E-state index contributed by atoms with van der Waals surface area (Å²) in [5, 5.41) is 3.10. The van der Waals surface area contributed by atoms with Gasteiger partial charge in [0.15, 0.2) is 5.43 Å². The molecule has 1 fully saturated rings. The van der Waals surface area contributed by atoms with Gasteiger partial charge < -0.3 is 9.47 Å². The maximum atomic E-state index is 12.5. The molecule has 29 heavy (non-hydrogen) atoms. The first-order chi connectivity index (χ1) is 14.0. The van der Waals surface area contributed by atoms with Gasteiger partial charge in [-0.2, -0.15) is 0 Å². The van der Waals surface area contributed by atoms with Crippen molar-refractivity contribution in [2.24, 2.45) is 5.92 Å². The minimum Gasteiger partial charge on any atom is -0.371 e. The van der Waals surface area contributed by atoms with Crippen LogP contribution in [0.15, 0.2) is 40.8 Å². The average Bonchev–Trinajstić information content (AvgIpc) is 3.41. The van der Waals surface area contributed by atoms with E-state index in [1.165, 1.54) is 35.2 Å². The summed E-state index contributed by atoms with van der Waals surface area (Å²) in [5.74, 6) is 0.498. The third-order valence-corrected chi connectivity index (χ3v) is 7.24. The molecule has 0 bridgehead atoms. The summed E-state index contributed by atoms with van der Waals surface area (Å²) in [4.78, 5) is 19.7. The molecule has 0 spiro atoms. The highest BCUT2D eigenvalue weighted by Gasteiger charge is 2.29. The smallest absolute Gasteiger partial charge is 0.185 e. The van der Waals surface area contributed by atoms with Gasteiger partial charge in [0.05, 0.1) is 5.69 Å². The quantitative estimate of drug-likeness (QED) is 0.593. The van der Waals surface area contributed by atoms with Gasteiger partial charge in [0.2, 0.25) is 0 Å². The van der Waals surface area contributed by atoms with Gasteiger partial charge in [-0.15, -0.1) is 11.3 Å². The van der Waals surface area contributed by atoms with Gasteiger partial charge in [-0.3, -0.25) is 4.79 Å². The van der Waals surface area contributed by atoms with Crippen LogP contribution >= 0.6 is 11.3 Å². The number of thiazole rings is 1. The predicted octanol–water partition coefficient (Wildman–Crippen LogP) is 5.30. The predicted molar refractivity (Wildman–Crippen MR) is 121 cm³/mol. The number of fused-ring (bicyclic) bond motifs is 3. The molecule has 150 valence electrons. The monoisotopic (exact) mass is 405 g/mol. The highest BCUT2D eigenvalue weighted by molar-refractivity contribution is 7.13. The van der Waals surface area contributed by atoms with Crippen LogP contribution in [-0.4, -0.2) is 22.6 Å². The van der Waals surface area contributed by atoms with Gasteiger partial charge >= 0.3 is 0 Å². The molecule has 3 aromatic rings. The first kappa shape index (κ1) is 18.6. The summed E-state index contributed by atoms with van der Waals surface area (Å²) in [6, 6.07) is 6.89. The minimum absolute atomic E-state index is 0.117. The molecule has 4 heterocycles. The molecule has 0 radical (unpaired) electrons. The van der Waals surface area contributed by atoms with Crippen LogP contribution in [0.25, 0.3) is 21.8 Å². The van der Waals surface area contributed by atoms with Crippen molar-refractivity contribution in [2.75, 3.05) is 18.0 Å². The molecule has 5 heteroatoms. The topological polar surface area (TPSA) is 38.1 Å². The van der Waals surface area contributed by atoms with E-state index < -0.39 is 0 Å². The van der Waals surface area contributed by atoms with E-state index in [9.17, 15) is 4.79 Å². The Morgan fingerprint density at radius 3 is 2.62 bits per heavy atom. The second-order valence-corrected chi connectivity index (χ2v) is 9.58. The highest BCUT2D eigenvalue weighted by atomic mass is 32.1. The second-order valence-electron chi connectivity index (χ2n) is 8.69. The molecule has 1 saturated heterocycles. The molecular formula is C24H27N3OS. The molecule has 0 N–H and O–H groups in total. The Morgan fingerprint density at radius 1 is 1.14 bits per heavy atom. The zero-order valence-corrected chi connectivity index (χ0v) is 18.1. The van der Waals surface area contributed by atoms with Crippen molar-refractivity contribution in [3.63, 3.8) is 0 Å². The summed E-state index contributed by atoms with van der Waals surface area (Å²) < 4.78 is 2.34. The Morgan fingerprint density at radius 2 is 1.93 bits per heavy atom. The Bertz CT molecular complexity index is 1110. The fourth-order valence-electron chi connectivity index (χ4n) is 4.81. The van der Waals surface area contributed by atoms with Gasteiger partial charge in [-0.25, -0.2) is 4.98 Å².